The first-order valence-corrected chi connectivity index (χ1v) is 20.0. The Morgan fingerprint density at radius 3 is 2.17 bits per heavy atom. The Hall–Kier alpha value is -0.331. The van der Waals surface area contributed by atoms with E-state index in [1.54, 1.807) is 0 Å². The second kappa shape index (κ2) is 15.5. The molecule has 1 aliphatic rings. The van der Waals surface area contributed by atoms with Gasteiger partial charge in [-0.1, -0.05) is 0 Å². The fraction of sp³-hybridized carbons (Fsp3) is 0.800. The van der Waals surface area contributed by atoms with E-state index in [1.807, 2.05) is 6.20 Å². The van der Waals surface area contributed by atoms with E-state index < -0.39 is 18.4 Å². The maximum absolute atomic E-state index is 5.95. The Kier molecular flexibility index (Phi) is 13.4. The van der Waals surface area contributed by atoms with Crippen molar-refractivity contribution in [1.82, 2.24) is 4.98 Å². The van der Waals surface area contributed by atoms with E-state index >= 15 is 0 Å². The number of aromatic nitrogens is 1. The van der Waals surface area contributed by atoms with Gasteiger partial charge in [0.25, 0.3) is 0 Å². The molecule has 1 aromatic rings. The third-order valence-corrected chi connectivity index (χ3v) is 21.5. The van der Waals surface area contributed by atoms with Crippen LogP contribution in [0.5, 0.6) is 5.75 Å². The van der Waals surface area contributed by atoms with Gasteiger partial charge < -0.3 is 0 Å². The number of hydrogen-bond donors (Lipinski definition) is 0. The molecule has 1 aromatic heterocycles. The molecule has 0 spiro atoms. The Morgan fingerprint density at radius 2 is 1.63 bits per heavy atom. The summed E-state index contributed by atoms with van der Waals surface area (Å²) in [6.45, 7) is 9.17. The summed E-state index contributed by atoms with van der Waals surface area (Å²) in [5, 5.41) is 0. The zero-order chi connectivity index (χ0) is 21.5. The van der Waals surface area contributed by atoms with E-state index in [0.29, 0.717) is 13.2 Å². The van der Waals surface area contributed by atoms with Crippen LogP contribution in [0.25, 0.3) is 0 Å². The molecule has 2 heterocycles. The van der Waals surface area contributed by atoms with Gasteiger partial charge in [-0.05, 0) is 6.42 Å². The summed E-state index contributed by atoms with van der Waals surface area (Å²) in [7, 11) is 0. The van der Waals surface area contributed by atoms with Crippen LogP contribution in [0.4, 0.5) is 0 Å². The van der Waals surface area contributed by atoms with Crippen molar-refractivity contribution in [2.45, 2.75) is 105 Å². The number of hydrogen-bond acceptors (Lipinski definition) is 4. The fourth-order valence-electron chi connectivity index (χ4n) is 4.39. The molecule has 0 bridgehead atoms. The van der Waals surface area contributed by atoms with Crippen LogP contribution in [0.1, 0.15) is 85.0 Å². The molecule has 0 radical (unpaired) electrons. The summed E-state index contributed by atoms with van der Waals surface area (Å²) in [5.74, 6) is 0.898. The van der Waals surface area contributed by atoms with Crippen LogP contribution in [-0.2, 0) is 9.47 Å². The quantitative estimate of drug-likeness (QED) is 0.183. The van der Waals surface area contributed by atoms with Crippen LogP contribution in [0.3, 0.4) is 0 Å². The summed E-state index contributed by atoms with van der Waals surface area (Å²) >= 11 is -2.42. The first-order chi connectivity index (χ1) is 14.7. The van der Waals surface area contributed by atoms with Gasteiger partial charge in [0, 0.05) is 0 Å². The van der Waals surface area contributed by atoms with Crippen molar-refractivity contribution in [3.8, 4) is 5.75 Å². The molecule has 0 saturated carbocycles. The molecule has 1 atom stereocenters. The van der Waals surface area contributed by atoms with Crippen LogP contribution in [0.15, 0.2) is 18.3 Å². The molecular formula is C25H45NO3Sn. The molecule has 0 aliphatic carbocycles. The predicted octanol–water partition coefficient (Wildman–Crippen LogP) is 6.45. The summed E-state index contributed by atoms with van der Waals surface area (Å²) in [6, 6.07) is 4.49. The van der Waals surface area contributed by atoms with Gasteiger partial charge in [-0.3, -0.25) is 0 Å². The monoisotopic (exact) mass is 527 g/mol. The topological polar surface area (TPSA) is 40.6 Å². The first kappa shape index (κ1) is 25.9. The number of pyridine rings is 1. The van der Waals surface area contributed by atoms with E-state index in [2.05, 4.69) is 32.9 Å². The predicted molar refractivity (Wildman–Crippen MR) is 128 cm³/mol. The molecule has 5 heteroatoms. The molecule has 30 heavy (non-hydrogen) atoms. The SMILES string of the molecule is CCC[CH2][Sn]([CH2]CCC)([CH2]CCC)[c]1ccc(OCCCOC2CCCCO2)cn1. The molecule has 1 aliphatic heterocycles. The Bertz CT molecular complexity index is 524. The van der Waals surface area contributed by atoms with Crippen LogP contribution < -0.4 is 8.45 Å². The van der Waals surface area contributed by atoms with Crippen LogP contribution >= 0.6 is 0 Å². The van der Waals surface area contributed by atoms with Gasteiger partial charge in [-0.15, -0.1) is 0 Å². The van der Waals surface area contributed by atoms with E-state index in [1.165, 1.54) is 62.0 Å². The van der Waals surface area contributed by atoms with Gasteiger partial charge in [-0.2, -0.15) is 0 Å². The van der Waals surface area contributed by atoms with Gasteiger partial charge in [0.15, 0.2) is 0 Å². The molecule has 1 saturated heterocycles. The number of unbranched alkanes of at least 4 members (excludes halogenated alkanes) is 3. The van der Waals surface area contributed by atoms with Crippen molar-refractivity contribution in [3.05, 3.63) is 18.3 Å². The molecular weight excluding hydrogens is 481 g/mol. The van der Waals surface area contributed by atoms with Gasteiger partial charge in [0.2, 0.25) is 0 Å². The van der Waals surface area contributed by atoms with Crippen molar-refractivity contribution in [1.29, 1.82) is 0 Å². The van der Waals surface area contributed by atoms with Crippen molar-refractivity contribution in [2.75, 3.05) is 19.8 Å². The minimum absolute atomic E-state index is 0.00492. The Balaban J connectivity index is 1.87. The fourth-order valence-corrected chi connectivity index (χ4v) is 19.8. The third kappa shape index (κ3) is 9.04. The molecule has 4 nitrogen and oxygen atoms in total. The van der Waals surface area contributed by atoms with Crippen molar-refractivity contribution in [3.63, 3.8) is 0 Å². The van der Waals surface area contributed by atoms with Gasteiger partial charge in [-0.25, -0.2) is 0 Å². The molecule has 1 fully saturated rings. The second-order valence-electron chi connectivity index (χ2n) is 8.84. The van der Waals surface area contributed by atoms with Crippen LogP contribution in [0.2, 0.25) is 13.3 Å². The molecule has 0 N–H and O–H groups in total. The first-order valence-electron chi connectivity index (χ1n) is 12.6. The van der Waals surface area contributed by atoms with E-state index in [0.717, 1.165) is 31.6 Å². The van der Waals surface area contributed by atoms with E-state index in [9.17, 15) is 0 Å². The van der Waals surface area contributed by atoms with Gasteiger partial charge in [0.05, 0.1) is 0 Å². The van der Waals surface area contributed by atoms with Crippen molar-refractivity contribution in [2.24, 2.45) is 0 Å². The molecule has 1 unspecified atom stereocenters. The normalized spacial score (nSPS) is 17.2. The number of rotatable bonds is 16. The van der Waals surface area contributed by atoms with Crippen LogP contribution in [0, 0.1) is 0 Å². The van der Waals surface area contributed by atoms with Crippen LogP contribution in [-0.4, -0.2) is 49.5 Å². The maximum atomic E-state index is 5.95. The van der Waals surface area contributed by atoms with E-state index in [4.69, 9.17) is 19.2 Å². The number of nitrogens with zero attached hydrogens (tertiary/aromatic N) is 1. The van der Waals surface area contributed by atoms with Crippen molar-refractivity contribution < 1.29 is 14.2 Å². The second-order valence-corrected chi connectivity index (χ2v) is 21.9. The summed E-state index contributed by atoms with van der Waals surface area (Å²) in [6.07, 6.45) is 14.3. The van der Waals surface area contributed by atoms with Gasteiger partial charge >= 0.3 is 183 Å². The zero-order valence-electron chi connectivity index (χ0n) is 19.8. The standard InChI is InChI=1S/C13H18NO3.3C4H9.Sn/c1-2-8-16-13(6-1)17-10-4-9-15-12-5-3-7-14-11-12;3*1-3-4-2;/h3,5,11,13H,1-2,4,6,8-10H2;3*1,3-4H2,2H3;. The summed E-state index contributed by atoms with van der Waals surface area (Å²) in [4.78, 5) is 5.00. The molecule has 2 rings (SSSR count). The molecule has 0 amide bonds. The van der Waals surface area contributed by atoms with Crippen molar-refractivity contribution >= 4 is 22.1 Å². The van der Waals surface area contributed by atoms with E-state index in [-0.39, 0.29) is 6.29 Å². The Labute approximate surface area is 189 Å². The number of ether oxygens (including phenoxy) is 3. The average Bonchev–Trinajstić information content (AvgIpc) is 2.80. The average molecular weight is 526 g/mol. The third-order valence-electron chi connectivity index (χ3n) is 6.31. The molecule has 172 valence electrons. The summed E-state index contributed by atoms with van der Waals surface area (Å²) in [5.41, 5.74) is 0. The Morgan fingerprint density at radius 1 is 0.933 bits per heavy atom. The van der Waals surface area contributed by atoms with Gasteiger partial charge in [0.1, 0.15) is 0 Å². The minimum atomic E-state index is -2.42. The molecule has 0 aromatic carbocycles. The summed E-state index contributed by atoms with van der Waals surface area (Å²) < 4.78 is 23.2. The zero-order valence-corrected chi connectivity index (χ0v) is 22.6.